The molecular formula is C27H25Cl2N3O2. The van der Waals surface area contributed by atoms with Crippen LogP contribution in [-0.2, 0) is 0 Å². The lowest BCUT2D eigenvalue weighted by Gasteiger charge is -2.14. The number of benzene rings is 2. The highest BCUT2D eigenvalue weighted by Gasteiger charge is 2.31. The molecule has 0 saturated carbocycles. The Balaban J connectivity index is 2.08. The van der Waals surface area contributed by atoms with Gasteiger partial charge in [-0.25, -0.2) is 9.98 Å². The minimum atomic E-state index is -0.652. The summed E-state index contributed by atoms with van der Waals surface area (Å²) in [6, 6.07) is 17.0. The fourth-order valence-electron chi connectivity index (χ4n) is 3.52. The first-order valence-corrected chi connectivity index (χ1v) is 11.6. The van der Waals surface area contributed by atoms with Crippen LogP contribution in [0.5, 0.6) is 0 Å². The van der Waals surface area contributed by atoms with Crippen molar-refractivity contribution in [3.63, 3.8) is 0 Å². The average Bonchev–Trinajstić information content (AvgIpc) is 3.13. The third-order valence-corrected chi connectivity index (χ3v) is 5.83. The SMILES string of the molecule is CN(C)C=Nc1c(C(=O)C(C)(C)C)oc2nc(-c3ccccc3Cl)c(-c3ccc(Cl)cc3)cc12. The molecule has 0 amide bonds. The van der Waals surface area contributed by atoms with E-state index in [4.69, 9.17) is 32.6 Å². The van der Waals surface area contributed by atoms with E-state index < -0.39 is 5.41 Å². The summed E-state index contributed by atoms with van der Waals surface area (Å²) in [5.41, 5.74) is 3.26. The number of carbonyl (C=O) groups is 1. The second kappa shape index (κ2) is 9.24. The van der Waals surface area contributed by atoms with Gasteiger partial charge >= 0.3 is 0 Å². The van der Waals surface area contributed by atoms with Crippen LogP contribution in [0.1, 0.15) is 31.3 Å². The van der Waals surface area contributed by atoms with Crippen LogP contribution in [0.3, 0.4) is 0 Å². The van der Waals surface area contributed by atoms with E-state index in [0.717, 1.165) is 16.7 Å². The van der Waals surface area contributed by atoms with Crippen molar-refractivity contribution in [2.45, 2.75) is 20.8 Å². The normalized spacial score (nSPS) is 12.0. The molecule has 0 N–H and O–H groups in total. The number of hydrogen-bond donors (Lipinski definition) is 0. The molecule has 0 aliphatic heterocycles. The van der Waals surface area contributed by atoms with Crippen molar-refractivity contribution in [1.82, 2.24) is 9.88 Å². The summed E-state index contributed by atoms with van der Waals surface area (Å²) in [5.74, 6) is 0.0372. The van der Waals surface area contributed by atoms with Crippen LogP contribution < -0.4 is 0 Å². The van der Waals surface area contributed by atoms with Gasteiger partial charge in [-0.1, -0.05) is 74.3 Å². The van der Waals surface area contributed by atoms with Crippen molar-refractivity contribution in [1.29, 1.82) is 0 Å². The summed E-state index contributed by atoms with van der Waals surface area (Å²) in [5, 5.41) is 1.84. The second-order valence-corrected chi connectivity index (χ2v) is 10.1. The molecule has 7 heteroatoms. The fourth-order valence-corrected chi connectivity index (χ4v) is 3.87. The number of aliphatic imine (C=N–C) groups is 1. The van der Waals surface area contributed by atoms with Crippen LogP contribution in [0.2, 0.25) is 10.0 Å². The van der Waals surface area contributed by atoms with E-state index in [2.05, 4.69) is 4.99 Å². The molecule has 0 saturated heterocycles. The van der Waals surface area contributed by atoms with E-state index in [9.17, 15) is 4.79 Å². The molecule has 4 rings (SSSR count). The van der Waals surface area contributed by atoms with Gasteiger partial charge in [-0.3, -0.25) is 4.79 Å². The highest BCUT2D eigenvalue weighted by atomic mass is 35.5. The number of Topliss-reactive ketones (excluding diaryl/α,β-unsaturated/α-hetero) is 1. The lowest BCUT2D eigenvalue weighted by molar-refractivity contribution is 0.0831. The summed E-state index contributed by atoms with van der Waals surface area (Å²) < 4.78 is 6.07. The fraction of sp³-hybridized carbons (Fsp3) is 0.222. The Labute approximate surface area is 209 Å². The minimum Gasteiger partial charge on any atom is -0.432 e. The number of ketones is 1. The van der Waals surface area contributed by atoms with Crippen molar-refractivity contribution >= 4 is 52.1 Å². The summed E-state index contributed by atoms with van der Waals surface area (Å²) in [6.45, 7) is 5.55. The Bertz CT molecular complexity index is 1400. The molecule has 0 unspecified atom stereocenters. The summed E-state index contributed by atoms with van der Waals surface area (Å²) in [4.78, 5) is 24.5. The molecule has 0 aliphatic rings. The number of rotatable bonds is 5. The van der Waals surface area contributed by atoms with Crippen molar-refractivity contribution in [2.24, 2.45) is 10.4 Å². The number of furan rings is 1. The number of fused-ring (bicyclic) bond motifs is 1. The second-order valence-electron chi connectivity index (χ2n) is 9.29. The first-order chi connectivity index (χ1) is 16.1. The molecule has 2 heterocycles. The summed E-state index contributed by atoms with van der Waals surface area (Å²) in [7, 11) is 3.73. The molecule has 0 aliphatic carbocycles. The molecule has 0 radical (unpaired) electrons. The van der Waals surface area contributed by atoms with E-state index in [0.29, 0.717) is 32.5 Å². The van der Waals surface area contributed by atoms with Gasteiger partial charge in [0.2, 0.25) is 11.5 Å². The topological polar surface area (TPSA) is 58.7 Å². The molecule has 4 aromatic rings. The lowest BCUT2D eigenvalue weighted by Crippen LogP contribution is -2.19. The Hall–Kier alpha value is -3.15. The molecule has 0 bridgehead atoms. The third-order valence-electron chi connectivity index (χ3n) is 5.25. The predicted octanol–water partition coefficient (Wildman–Crippen LogP) is 7.92. The Kier molecular flexibility index (Phi) is 6.52. The number of carbonyl (C=O) groups excluding carboxylic acids is 1. The average molecular weight is 494 g/mol. The van der Waals surface area contributed by atoms with Gasteiger partial charge in [0, 0.05) is 40.7 Å². The number of nitrogens with zero attached hydrogens (tertiary/aromatic N) is 3. The highest BCUT2D eigenvalue weighted by molar-refractivity contribution is 6.33. The van der Waals surface area contributed by atoms with Crippen molar-refractivity contribution < 1.29 is 9.21 Å². The van der Waals surface area contributed by atoms with Crippen LogP contribution in [0.25, 0.3) is 33.5 Å². The molecular weight excluding hydrogens is 469 g/mol. The number of aromatic nitrogens is 1. The standard InChI is InChI=1S/C27H25Cl2N3O2/c1-27(2,3)25(33)24-23(30-15-32(4)5)20-14-19(16-10-12-17(28)13-11-16)22(31-26(20)34-24)18-8-6-7-9-21(18)29/h6-15H,1-5H3. The van der Waals surface area contributed by atoms with Gasteiger partial charge in [0.1, 0.15) is 5.69 Å². The maximum absolute atomic E-state index is 13.3. The van der Waals surface area contributed by atoms with Gasteiger partial charge in [0.25, 0.3) is 0 Å². The number of halogens is 2. The van der Waals surface area contributed by atoms with E-state index in [1.165, 1.54) is 0 Å². The number of hydrogen-bond acceptors (Lipinski definition) is 4. The van der Waals surface area contributed by atoms with Crippen LogP contribution in [0.4, 0.5) is 5.69 Å². The van der Waals surface area contributed by atoms with Gasteiger partial charge in [-0.2, -0.15) is 0 Å². The molecule has 5 nitrogen and oxygen atoms in total. The third kappa shape index (κ3) is 4.72. The minimum absolute atomic E-state index is 0.149. The van der Waals surface area contributed by atoms with E-state index in [1.807, 2.05) is 89.5 Å². The molecule has 0 atom stereocenters. The van der Waals surface area contributed by atoms with E-state index >= 15 is 0 Å². The zero-order chi connectivity index (χ0) is 24.6. The zero-order valence-corrected chi connectivity index (χ0v) is 21.2. The Morgan fingerprint density at radius 1 is 1.03 bits per heavy atom. The monoisotopic (exact) mass is 493 g/mol. The van der Waals surface area contributed by atoms with Gasteiger partial charge in [-0.05, 0) is 29.8 Å². The van der Waals surface area contributed by atoms with Gasteiger partial charge in [0.05, 0.1) is 17.4 Å². The molecule has 174 valence electrons. The smallest absolute Gasteiger partial charge is 0.229 e. The first-order valence-electron chi connectivity index (χ1n) is 10.8. The molecule has 2 aromatic carbocycles. The first kappa shape index (κ1) is 24.0. The van der Waals surface area contributed by atoms with Gasteiger partial charge < -0.3 is 9.32 Å². The van der Waals surface area contributed by atoms with Crippen LogP contribution in [-0.4, -0.2) is 36.1 Å². The summed E-state index contributed by atoms with van der Waals surface area (Å²) in [6.07, 6.45) is 1.65. The Morgan fingerprint density at radius 2 is 1.71 bits per heavy atom. The van der Waals surface area contributed by atoms with Crippen molar-refractivity contribution in [3.05, 3.63) is 70.4 Å². The molecule has 34 heavy (non-hydrogen) atoms. The van der Waals surface area contributed by atoms with Crippen LogP contribution in [0.15, 0.2) is 64.0 Å². The number of pyridine rings is 1. The largest absolute Gasteiger partial charge is 0.432 e. The maximum Gasteiger partial charge on any atom is 0.229 e. The van der Waals surface area contributed by atoms with Crippen molar-refractivity contribution in [2.75, 3.05) is 14.1 Å². The zero-order valence-electron chi connectivity index (χ0n) is 19.7. The molecule has 0 spiro atoms. The quantitative estimate of drug-likeness (QED) is 0.161. The van der Waals surface area contributed by atoms with E-state index in [1.54, 1.807) is 11.2 Å². The lowest BCUT2D eigenvalue weighted by atomic mass is 9.89. The highest BCUT2D eigenvalue weighted by Crippen LogP contribution is 2.42. The van der Waals surface area contributed by atoms with Crippen LogP contribution >= 0.6 is 23.2 Å². The van der Waals surface area contributed by atoms with E-state index in [-0.39, 0.29) is 11.5 Å². The van der Waals surface area contributed by atoms with Gasteiger partial charge in [0.15, 0.2) is 5.76 Å². The Morgan fingerprint density at radius 3 is 2.32 bits per heavy atom. The molecule has 0 fully saturated rings. The summed E-state index contributed by atoms with van der Waals surface area (Å²) >= 11 is 12.7. The van der Waals surface area contributed by atoms with Crippen LogP contribution in [0, 0.1) is 5.41 Å². The van der Waals surface area contributed by atoms with Gasteiger partial charge in [-0.15, -0.1) is 0 Å². The van der Waals surface area contributed by atoms with Crippen molar-refractivity contribution in [3.8, 4) is 22.4 Å². The predicted molar refractivity (Wildman–Crippen MR) is 141 cm³/mol. The maximum atomic E-state index is 13.3. The molecule has 2 aromatic heterocycles.